The van der Waals surface area contributed by atoms with Crippen LogP contribution in [0.15, 0.2) is 0 Å². The standard InChI is InChI=1S/C23H43ClN2O5/c1-5-9-11-18(7-3)13-23(16-28,17-31-15-19(8-4)12-10-6-2)26(22(24)30)21(29)20(25)14-27/h16,18-20,27H,5-15,17,25H2,1-4H3/t18?,19?,20-,23-/m1/s1. The molecule has 0 heterocycles. The molecule has 7 nitrogen and oxygen atoms in total. The third kappa shape index (κ3) is 9.98. The first-order chi connectivity index (χ1) is 14.8. The molecule has 0 fully saturated rings. The summed E-state index contributed by atoms with van der Waals surface area (Å²) >= 11 is 5.79. The molecule has 0 rings (SSSR count). The van der Waals surface area contributed by atoms with Gasteiger partial charge in [-0.15, -0.1) is 0 Å². The molecule has 0 aromatic rings. The Kier molecular flexibility index (Phi) is 16.0. The van der Waals surface area contributed by atoms with E-state index in [1.165, 1.54) is 0 Å². The van der Waals surface area contributed by atoms with Crippen LogP contribution in [0.3, 0.4) is 0 Å². The van der Waals surface area contributed by atoms with Gasteiger partial charge in [-0.2, -0.15) is 0 Å². The number of carbonyl (C=O) groups is 3. The third-order valence-electron chi connectivity index (χ3n) is 6.01. The number of nitrogens with zero attached hydrogens (tertiary/aromatic N) is 1. The molecule has 0 aliphatic heterocycles. The van der Waals surface area contributed by atoms with Crippen molar-refractivity contribution in [1.82, 2.24) is 4.90 Å². The van der Waals surface area contributed by atoms with Crippen molar-refractivity contribution in [3.05, 3.63) is 0 Å². The Hall–Kier alpha value is -1.02. The highest BCUT2D eigenvalue weighted by Crippen LogP contribution is 2.30. The number of halogens is 1. The van der Waals surface area contributed by atoms with Crippen LogP contribution in [-0.2, 0) is 14.3 Å². The maximum absolute atomic E-state index is 12.8. The first kappa shape index (κ1) is 30.0. The fraction of sp³-hybridized carbons (Fsp3) is 0.870. The highest BCUT2D eigenvalue weighted by molar-refractivity contribution is 6.64. The van der Waals surface area contributed by atoms with Gasteiger partial charge in [-0.1, -0.05) is 72.6 Å². The summed E-state index contributed by atoms with van der Waals surface area (Å²) in [6.45, 7) is 7.97. The second kappa shape index (κ2) is 16.6. The number of rotatable bonds is 18. The molecule has 2 unspecified atom stereocenters. The molecule has 31 heavy (non-hydrogen) atoms. The highest BCUT2D eigenvalue weighted by Gasteiger charge is 2.46. The number of amides is 2. The summed E-state index contributed by atoms with van der Waals surface area (Å²) in [5, 5.41) is 8.25. The van der Waals surface area contributed by atoms with Crippen molar-refractivity contribution >= 4 is 29.2 Å². The van der Waals surface area contributed by atoms with Crippen LogP contribution in [0.4, 0.5) is 4.79 Å². The average Bonchev–Trinajstić information content (AvgIpc) is 2.77. The van der Waals surface area contributed by atoms with E-state index in [4.69, 9.17) is 22.1 Å². The van der Waals surface area contributed by atoms with Crippen molar-refractivity contribution in [2.24, 2.45) is 17.6 Å². The molecule has 0 bridgehead atoms. The normalized spacial score (nSPS) is 16.2. The van der Waals surface area contributed by atoms with Crippen molar-refractivity contribution in [2.45, 2.75) is 97.1 Å². The summed E-state index contributed by atoms with van der Waals surface area (Å²) in [5.74, 6) is -0.434. The Bertz CT molecular complexity index is 534. The Balaban J connectivity index is 5.84. The van der Waals surface area contributed by atoms with Gasteiger partial charge in [0, 0.05) is 6.61 Å². The summed E-state index contributed by atoms with van der Waals surface area (Å²) in [6, 6.07) is -1.34. The van der Waals surface area contributed by atoms with Crippen molar-refractivity contribution < 1.29 is 24.2 Å². The number of nitrogens with two attached hydrogens (primary N) is 1. The second-order valence-electron chi connectivity index (χ2n) is 8.49. The van der Waals surface area contributed by atoms with Gasteiger partial charge in [-0.3, -0.25) is 14.5 Å². The molecule has 4 atom stereocenters. The van der Waals surface area contributed by atoms with Crippen LogP contribution < -0.4 is 5.73 Å². The number of aldehydes is 1. The van der Waals surface area contributed by atoms with E-state index in [0.717, 1.165) is 51.4 Å². The van der Waals surface area contributed by atoms with Gasteiger partial charge in [-0.05, 0) is 36.3 Å². The Morgan fingerprint density at radius 2 is 1.65 bits per heavy atom. The Morgan fingerprint density at radius 1 is 1.10 bits per heavy atom. The van der Waals surface area contributed by atoms with Crippen LogP contribution in [0, 0.1) is 11.8 Å². The van der Waals surface area contributed by atoms with Crippen molar-refractivity contribution in [3.8, 4) is 0 Å². The molecule has 0 saturated carbocycles. The van der Waals surface area contributed by atoms with Gasteiger partial charge in [0.1, 0.15) is 17.9 Å². The predicted molar refractivity (Wildman–Crippen MR) is 124 cm³/mol. The first-order valence-electron chi connectivity index (χ1n) is 11.7. The van der Waals surface area contributed by atoms with E-state index in [1.807, 2.05) is 6.92 Å². The van der Waals surface area contributed by atoms with Crippen LogP contribution in [-0.4, -0.2) is 59.0 Å². The zero-order valence-electron chi connectivity index (χ0n) is 19.8. The van der Waals surface area contributed by atoms with E-state index in [1.54, 1.807) is 0 Å². The molecular formula is C23H43ClN2O5. The van der Waals surface area contributed by atoms with E-state index < -0.39 is 29.5 Å². The SMILES string of the molecule is CCCCC(CC)COC[C@](C=O)(CC(CC)CCCC)N(C(=O)Cl)C(=O)[C@H](N)CO. The van der Waals surface area contributed by atoms with E-state index >= 15 is 0 Å². The molecule has 0 spiro atoms. The van der Waals surface area contributed by atoms with Gasteiger partial charge >= 0.3 is 5.37 Å². The Labute approximate surface area is 193 Å². The zero-order valence-corrected chi connectivity index (χ0v) is 20.5. The molecular weight excluding hydrogens is 420 g/mol. The average molecular weight is 463 g/mol. The van der Waals surface area contributed by atoms with Gasteiger partial charge in [0.2, 0.25) is 5.91 Å². The molecule has 8 heteroatoms. The van der Waals surface area contributed by atoms with Gasteiger partial charge in [0.05, 0.1) is 13.2 Å². The number of aliphatic hydroxyl groups excluding tert-OH is 1. The fourth-order valence-corrected chi connectivity index (χ4v) is 4.07. The van der Waals surface area contributed by atoms with Crippen LogP contribution in [0.25, 0.3) is 0 Å². The lowest BCUT2D eigenvalue weighted by molar-refractivity contribution is -0.143. The number of hydrogen-bond donors (Lipinski definition) is 2. The van der Waals surface area contributed by atoms with Crippen molar-refractivity contribution in [1.29, 1.82) is 0 Å². The third-order valence-corrected chi connectivity index (χ3v) is 6.18. The highest BCUT2D eigenvalue weighted by atomic mass is 35.5. The van der Waals surface area contributed by atoms with Crippen LogP contribution >= 0.6 is 11.6 Å². The molecule has 182 valence electrons. The second-order valence-corrected chi connectivity index (χ2v) is 8.81. The van der Waals surface area contributed by atoms with E-state index in [2.05, 4.69) is 20.8 Å². The largest absolute Gasteiger partial charge is 0.394 e. The molecule has 0 saturated heterocycles. The molecule has 0 aliphatic rings. The maximum atomic E-state index is 12.8. The lowest BCUT2D eigenvalue weighted by Crippen LogP contribution is -2.62. The minimum atomic E-state index is -1.56. The van der Waals surface area contributed by atoms with Crippen LogP contribution in [0.5, 0.6) is 0 Å². The lowest BCUT2D eigenvalue weighted by Gasteiger charge is -2.40. The van der Waals surface area contributed by atoms with Gasteiger partial charge in [0.25, 0.3) is 0 Å². The maximum Gasteiger partial charge on any atom is 0.324 e. The summed E-state index contributed by atoms with van der Waals surface area (Å²) in [6.07, 6.45) is 8.60. The minimum absolute atomic E-state index is 0.104. The number of unbranched alkanes of at least 4 members (excludes halogenated alkanes) is 2. The summed E-state index contributed by atoms with van der Waals surface area (Å²) < 4.78 is 5.95. The number of imide groups is 1. The van der Waals surface area contributed by atoms with E-state index in [9.17, 15) is 19.5 Å². The summed E-state index contributed by atoms with van der Waals surface area (Å²) in [5.41, 5.74) is 4.14. The van der Waals surface area contributed by atoms with Crippen molar-refractivity contribution in [2.75, 3.05) is 19.8 Å². The number of ether oxygens (including phenoxy) is 1. The smallest absolute Gasteiger partial charge is 0.324 e. The number of hydrogen-bond acceptors (Lipinski definition) is 6. The topological polar surface area (TPSA) is 110 Å². The van der Waals surface area contributed by atoms with Gasteiger partial charge in [0.15, 0.2) is 0 Å². The van der Waals surface area contributed by atoms with E-state index in [-0.39, 0.29) is 18.9 Å². The van der Waals surface area contributed by atoms with Crippen molar-refractivity contribution in [3.63, 3.8) is 0 Å². The fourth-order valence-electron chi connectivity index (χ4n) is 3.82. The molecule has 3 N–H and O–H groups in total. The molecule has 0 aromatic carbocycles. The molecule has 0 aliphatic carbocycles. The monoisotopic (exact) mass is 462 g/mol. The Morgan fingerprint density at radius 3 is 2.06 bits per heavy atom. The zero-order chi connectivity index (χ0) is 23.9. The van der Waals surface area contributed by atoms with Crippen LogP contribution in [0.1, 0.15) is 85.5 Å². The van der Waals surface area contributed by atoms with Gasteiger partial charge < -0.3 is 20.4 Å². The molecule has 2 amide bonds. The molecule has 0 aromatic heterocycles. The predicted octanol–water partition coefficient (Wildman–Crippen LogP) is 4.27. The summed E-state index contributed by atoms with van der Waals surface area (Å²) in [4.78, 5) is 38.3. The first-order valence-corrected chi connectivity index (χ1v) is 12.1. The quantitative estimate of drug-likeness (QED) is 0.179. The van der Waals surface area contributed by atoms with Gasteiger partial charge in [-0.25, -0.2) is 0 Å². The molecule has 0 radical (unpaired) electrons. The van der Waals surface area contributed by atoms with Crippen LogP contribution in [0.2, 0.25) is 0 Å². The minimum Gasteiger partial charge on any atom is -0.394 e. The lowest BCUT2D eigenvalue weighted by atomic mass is 9.83. The number of aliphatic hydroxyl groups is 1. The van der Waals surface area contributed by atoms with E-state index in [0.29, 0.717) is 23.7 Å². The summed E-state index contributed by atoms with van der Waals surface area (Å²) in [7, 11) is 0. The number of carbonyl (C=O) groups excluding carboxylic acids is 3.